The summed E-state index contributed by atoms with van der Waals surface area (Å²) in [5.74, 6) is 1.03. The third-order valence-corrected chi connectivity index (χ3v) is 5.92. The van der Waals surface area contributed by atoms with Crippen LogP contribution in [0.25, 0.3) is 5.57 Å². The predicted octanol–water partition coefficient (Wildman–Crippen LogP) is 7.42. The molecule has 1 nitrogen and oxygen atoms in total. The van der Waals surface area contributed by atoms with E-state index in [2.05, 4.69) is 60.3 Å². The number of unbranched alkanes of at least 4 members (excludes halogenated alkanes) is 4. The SMILES string of the molecule is C=C(C)c1cc2c(cc1OCCCCCCC)C(C)(C)CCC2(C)C. The summed E-state index contributed by atoms with van der Waals surface area (Å²) < 4.78 is 6.25. The summed E-state index contributed by atoms with van der Waals surface area (Å²) in [5.41, 5.74) is 5.69. The summed E-state index contributed by atoms with van der Waals surface area (Å²) in [6.07, 6.45) is 8.81. The summed E-state index contributed by atoms with van der Waals surface area (Å²) >= 11 is 0. The minimum Gasteiger partial charge on any atom is -0.493 e. The molecule has 1 aromatic carbocycles. The molecule has 0 saturated heterocycles. The van der Waals surface area contributed by atoms with Gasteiger partial charge in [0.25, 0.3) is 0 Å². The minimum absolute atomic E-state index is 0.220. The summed E-state index contributed by atoms with van der Waals surface area (Å²) in [5, 5.41) is 0. The van der Waals surface area contributed by atoms with Crippen LogP contribution in [0, 0.1) is 0 Å². The van der Waals surface area contributed by atoms with Gasteiger partial charge >= 0.3 is 0 Å². The summed E-state index contributed by atoms with van der Waals surface area (Å²) in [7, 11) is 0. The third-order valence-electron chi connectivity index (χ3n) is 5.92. The van der Waals surface area contributed by atoms with Crippen LogP contribution in [0.1, 0.15) is 103 Å². The molecule has 0 spiro atoms. The number of allylic oxidation sites excluding steroid dienone is 1. The van der Waals surface area contributed by atoms with Crippen molar-refractivity contribution in [3.63, 3.8) is 0 Å². The molecule has 0 N–H and O–H groups in total. The maximum absolute atomic E-state index is 6.25. The first-order chi connectivity index (χ1) is 11.7. The van der Waals surface area contributed by atoms with Crippen molar-refractivity contribution in [1.29, 1.82) is 0 Å². The van der Waals surface area contributed by atoms with E-state index in [1.54, 1.807) is 0 Å². The summed E-state index contributed by atoms with van der Waals surface area (Å²) in [6, 6.07) is 4.69. The summed E-state index contributed by atoms with van der Waals surface area (Å²) in [6.45, 7) is 18.9. The zero-order chi connectivity index (χ0) is 18.7. The zero-order valence-electron chi connectivity index (χ0n) is 17.4. The first-order valence-electron chi connectivity index (χ1n) is 10.2. The topological polar surface area (TPSA) is 9.23 Å². The van der Waals surface area contributed by atoms with E-state index in [4.69, 9.17) is 4.74 Å². The van der Waals surface area contributed by atoms with Gasteiger partial charge in [0.05, 0.1) is 6.61 Å². The molecular formula is C24H38O. The van der Waals surface area contributed by atoms with Gasteiger partial charge < -0.3 is 4.74 Å². The Balaban J connectivity index is 2.26. The Morgan fingerprint density at radius 1 is 0.960 bits per heavy atom. The average Bonchev–Trinajstić information content (AvgIpc) is 2.54. The van der Waals surface area contributed by atoms with Gasteiger partial charge in [0.1, 0.15) is 5.75 Å². The number of fused-ring (bicyclic) bond motifs is 1. The van der Waals surface area contributed by atoms with Crippen LogP contribution in [0.15, 0.2) is 18.7 Å². The van der Waals surface area contributed by atoms with Gasteiger partial charge in [-0.3, -0.25) is 0 Å². The van der Waals surface area contributed by atoms with Gasteiger partial charge in [-0.2, -0.15) is 0 Å². The zero-order valence-corrected chi connectivity index (χ0v) is 17.4. The molecule has 25 heavy (non-hydrogen) atoms. The molecule has 1 heteroatoms. The fourth-order valence-electron chi connectivity index (χ4n) is 3.93. The number of hydrogen-bond donors (Lipinski definition) is 0. The molecule has 0 amide bonds. The average molecular weight is 343 g/mol. The molecule has 1 aromatic rings. The lowest BCUT2D eigenvalue weighted by Crippen LogP contribution is -2.34. The minimum atomic E-state index is 0.220. The molecular weight excluding hydrogens is 304 g/mol. The Kier molecular flexibility index (Phi) is 6.40. The molecule has 1 aliphatic carbocycles. The quantitative estimate of drug-likeness (QED) is 0.447. The second kappa shape index (κ2) is 7.98. The van der Waals surface area contributed by atoms with Crippen molar-refractivity contribution in [3.05, 3.63) is 35.4 Å². The van der Waals surface area contributed by atoms with Crippen molar-refractivity contribution in [1.82, 2.24) is 0 Å². The standard InChI is InChI=1S/C24H38O/c1-8-9-10-11-12-15-25-22-17-21-20(16-19(22)18(2)3)23(4,5)13-14-24(21,6)7/h16-17H,2,8-15H2,1,3-7H3. The molecule has 0 atom stereocenters. The van der Waals surface area contributed by atoms with Crippen LogP contribution in [0.2, 0.25) is 0 Å². The van der Waals surface area contributed by atoms with Crippen molar-refractivity contribution in [2.45, 2.75) is 97.3 Å². The highest BCUT2D eigenvalue weighted by Crippen LogP contribution is 2.48. The molecule has 0 aromatic heterocycles. The van der Waals surface area contributed by atoms with Gasteiger partial charge in [0.2, 0.25) is 0 Å². The smallest absolute Gasteiger partial charge is 0.127 e. The highest BCUT2D eigenvalue weighted by atomic mass is 16.5. The lowest BCUT2D eigenvalue weighted by atomic mass is 9.62. The Hall–Kier alpha value is -1.24. The van der Waals surface area contributed by atoms with E-state index in [0.717, 1.165) is 24.4 Å². The van der Waals surface area contributed by atoms with Gasteiger partial charge in [0.15, 0.2) is 0 Å². The largest absolute Gasteiger partial charge is 0.493 e. The predicted molar refractivity (Wildman–Crippen MR) is 111 cm³/mol. The molecule has 0 saturated carbocycles. The van der Waals surface area contributed by atoms with E-state index in [1.165, 1.54) is 55.2 Å². The Morgan fingerprint density at radius 2 is 1.52 bits per heavy atom. The Labute approximate surface area is 155 Å². The molecule has 2 rings (SSSR count). The van der Waals surface area contributed by atoms with Crippen LogP contribution in [0.4, 0.5) is 0 Å². The van der Waals surface area contributed by atoms with Crippen molar-refractivity contribution in [2.75, 3.05) is 6.61 Å². The first-order valence-corrected chi connectivity index (χ1v) is 10.2. The molecule has 1 aliphatic rings. The van der Waals surface area contributed by atoms with E-state index in [9.17, 15) is 0 Å². The number of rotatable bonds is 8. The number of benzene rings is 1. The fraction of sp³-hybridized carbons (Fsp3) is 0.667. The maximum Gasteiger partial charge on any atom is 0.127 e. The van der Waals surface area contributed by atoms with Gasteiger partial charge in [-0.1, -0.05) is 66.9 Å². The fourth-order valence-corrected chi connectivity index (χ4v) is 3.93. The normalized spacial score (nSPS) is 17.8. The van der Waals surface area contributed by atoms with Crippen molar-refractivity contribution in [2.24, 2.45) is 0 Å². The molecule has 0 fully saturated rings. The molecule has 0 radical (unpaired) electrons. The highest BCUT2D eigenvalue weighted by molar-refractivity contribution is 5.70. The Bertz CT molecular complexity index is 607. The van der Waals surface area contributed by atoms with Gasteiger partial charge in [0, 0.05) is 5.56 Å². The number of hydrogen-bond acceptors (Lipinski definition) is 1. The van der Waals surface area contributed by atoms with Crippen LogP contribution in [-0.2, 0) is 10.8 Å². The van der Waals surface area contributed by atoms with Gasteiger partial charge in [-0.05, 0) is 65.8 Å². The lowest BCUT2D eigenvalue weighted by molar-refractivity contribution is 0.297. The van der Waals surface area contributed by atoms with E-state index in [1.807, 2.05) is 0 Å². The van der Waals surface area contributed by atoms with E-state index in [0.29, 0.717) is 0 Å². The second-order valence-corrected chi connectivity index (χ2v) is 9.20. The third kappa shape index (κ3) is 4.68. The van der Waals surface area contributed by atoms with E-state index in [-0.39, 0.29) is 10.8 Å². The number of ether oxygens (including phenoxy) is 1. The van der Waals surface area contributed by atoms with Crippen LogP contribution < -0.4 is 4.74 Å². The molecule has 0 heterocycles. The van der Waals surface area contributed by atoms with Crippen LogP contribution in [0.3, 0.4) is 0 Å². The Morgan fingerprint density at radius 3 is 2.08 bits per heavy atom. The monoisotopic (exact) mass is 342 g/mol. The van der Waals surface area contributed by atoms with Crippen LogP contribution >= 0.6 is 0 Å². The molecule has 140 valence electrons. The van der Waals surface area contributed by atoms with E-state index >= 15 is 0 Å². The van der Waals surface area contributed by atoms with Crippen molar-refractivity contribution in [3.8, 4) is 5.75 Å². The van der Waals surface area contributed by atoms with Crippen molar-refractivity contribution >= 4 is 5.57 Å². The lowest BCUT2D eigenvalue weighted by Gasteiger charge is -2.42. The first kappa shape index (κ1) is 20.1. The molecule has 0 aliphatic heterocycles. The van der Waals surface area contributed by atoms with Crippen LogP contribution in [-0.4, -0.2) is 6.61 Å². The van der Waals surface area contributed by atoms with E-state index < -0.39 is 0 Å². The molecule has 0 unspecified atom stereocenters. The van der Waals surface area contributed by atoms with Gasteiger partial charge in [-0.25, -0.2) is 0 Å². The van der Waals surface area contributed by atoms with Crippen LogP contribution in [0.5, 0.6) is 5.75 Å². The summed E-state index contributed by atoms with van der Waals surface area (Å²) in [4.78, 5) is 0. The molecule has 0 bridgehead atoms. The highest BCUT2D eigenvalue weighted by Gasteiger charge is 2.37. The maximum atomic E-state index is 6.25. The second-order valence-electron chi connectivity index (χ2n) is 9.20. The van der Waals surface area contributed by atoms with Gasteiger partial charge in [-0.15, -0.1) is 0 Å². The van der Waals surface area contributed by atoms with Crippen molar-refractivity contribution < 1.29 is 4.74 Å².